The molecule has 0 atom stereocenters. The van der Waals surface area contributed by atoms with Crippen LogP contribution in [0.1, 0.15) is 36.8 Å². The fraction of sp³-hybridized carbons (Fsp3) is 0.289. The molecule has 0 bridgehead atoms. The van der Waals surface area contributed by atoms with Gasteiger partial charge in [-0.05, 0) is 91.4 Å². The van der Waals surface area contributed by atoms with Gasteiger partial charge in [-0.25, -0.2) is 4.98 Å². The maximum absolute atomic E-state index is 6.15. The van der Waals surface area contributed by atoms with E-state index in [4.69, 9.17) is 38.1 Å². The summed E-state index contributed by atoms with van der Waals surface area (Å²) in [5, 5.41) is 0.968. The van der Waals surface area contributed by atoms with Crippen LogP contribution in [0.25, 0.3) is 32.9 Å². The number of benzene rings is 4. The highest BCUT2D eigenvalue weighted by atomic mass is 32.1. The van der Waals surface area contributed by atoms with Crippen LogP contribution in [0.3, 0.4) is 0 Å². The van der Waals surface area contributed by atoms with Crippen molar-refractivity contribution in [2.24, 2.45) is 0 Å². The summed E-state index contributed by atoms with van der Waals surface area (Å²) in [5.74, 6) is 4.63. The Hall–Kier alpha value is -4.89. The molecular weight excluding hydrogens is 614 g/mol. The molecule has 0 unspecified atom stereocenters. The molecule has 0 radical (unpaired) electrons. The number of methoxy groups -OCH3 is 5. The molecule has 4 aromatic carbocycles. The van der Waals surface area contributed by atoms with Crippen LogP contribution in [0.5, 0.6) is 40.2 Å². The molecule has 8 nitrogen and oxygen atoms in total. The summed E-state index contributed by atoms with van der Waals surface area (Å²) in [5.41, 5.74) is 3.93. The Labute approximate surface area is 280 Å². The van der Waals surface area contributed by atoms with E-state index in [2.05, 4.69) is 6.07 Å². The summed E-state index contributed by atoms with van der Waals surface area (Å²) in [6.45, 7) is 1.20. The van der Waals surface area contributed by atoms with Crippen molar-refractivity contribution in [1.29, 1.82) is 0 Å². The molecule has 0 saturated carbocycles. The van der Waals surface area contributed by atoms with E-state index in [1.54, 1.807) is 46.9 Å². The number of hydrogen-bond acceptors (Lipinski definition) is 9. The van der Waals surface area contributed by atoms with Crippen LogP contribution in [0.2, 0.25) is 0 Å². The third kappa shape index (κ3) is 8.48. The number of ether oxygens (including phenoxy) is 7. The highest BCUT2D eigenvalue weighted by Gasteiger charge is 2.13. The molecule has 5 aromatic rings. The largest absolute Gasteiger partial charge is 0.493 e. The van der Waals surface area contributed by atoms with E-state index < -0.39 is 0 Å². The van der Waals surface area contributed by atoms with Gasteiger partial charge in [0.05, 0.1) is 59.0 Å². The van der Waals surface area contributed by atoms with E-state index in [1.165, 1.54) is 4.70 Å². The quantitative estimate of drug-likeness (QED) is 0.0725. The van der Waals surface area contributed by atoms with Crippen molar-refractivity contribution in [1.82, 2.24) is 4.98 Å². The van der Waals surface area contributed by atoms with E-state index in [-0.39, 0.29) is 0 Å². The highest BCUT2D eigenvalue weighted by Crippen LogP contribution is 2.39. The van der Waals surface area contributed by atoms with Gasteiger partial charge in [0.25, 0.3) is 0 Å². The average Bonchev–Trinajstić information content (AvgIpc) is 3.56. The molecule has 0 fully saturated rings. The van der Waals surface area contributed by atoms with Gasteiger partial charge in [-0.1, -0.05) is 30.4 Å². The predicted molar refractivity (Wildman–Crippen MR) is 189 cm³/mol. The molecule has 0 N–H and O–H groups in total. The zero-order valence-corrected chi connectivity index (χ0v) is 28.4. The van der Waals surface area contributed by atoms with Gasteiger partial charge in [0.1, 0.15) is 5.01 Å². The van der Waals surface area contributed by atoms with Crippen molar-refractivity contribution < 1.29 is 33.2 Å². The standard InChI is InChI=1S/C38H41NO7S/c1-40-30-18-16-26(14-15-27-23-34(42-3)37(44-5)35(24-27)43-4)22-32(30)45-20-10-6-7-11-21-46-33-25-28(17-19-31(33)41-2)38-39-29-12-8-9-13-36(29)47-38/h8-9,12-19,22-25H,6-7,10-11,20-21H2,1-5H3/b15-14-. The summed E-state index contributed by atoms with van der Waals surface area (Å²) in [6, 6.07) is 23.9. The summed E-state index contributed by atoms with van der Waals surface area (Å²) in [4.78, 5) is 4.78. The second-order valence-corrected chi connectivity index (χ2v) is 11.7. The maximum Gasteiger partial charge on any atom is 0.203 e. The monoisotopic (exact) mass is 655 g/mol. The zero-order chi connectivity index (χ0) is 33.0. The Morgan fingerprint density at radius 3 is 1.74 bits per heavy atom. The summed E-state index contributed by atoms with van der Waals surface area (Å²) >= 11 is 1.68. The second kappa shape index (κ2) is 16.6. The second-order valence-electron chi connectivity index (χ2n) is 10.7. The molecule has 47 heavy (non-hydrogen) atoms. The normalized spacial score (nSPS) is 11.1. The Morgan fingerprint density at radius 2 is 1.13 bits per heavy atom. The van der Waals surface area contributed by atoms with E-state index in [9.17, 15) is 0 Å². The van der Waals surface area contributed by atoms with Gasteiger partial charge >= 0.3 is 0 Å². The molecule has 0 aliphatic carbocycles. The van der Waals surface area contributed by atoms with Crippen LogP contribution in [0.15, 0.2) is 72.8 Å². The van der Waals surface area contributed by atoms with Crippen LogP contribution >= 0.6 is 11.3 Å². The molecule has 5 rings (SSSR count). The van der Waals surface area contributed by atoms with Crippen molar-refractivity contribution >= 4 is 33.7 Å². The zero-order valence-electron chi connectivity index (χ0n) is 27.5. The Morgan fingerprint density at radius 1 is 0.553 bits per heavy atom. The summed E-state index contributed by atoms with van der Waals surface area (Å²) < 4.78 is 40.9. The lowest BCUT2D eigenvalue weighted by atomic mass is 10.1. The first kappa shape index (κ1) is 33.5. The lowest BCUT2D eigenvalue weighted by Gasteiger charge is -2.13. The van der Waals surface area contributed by atoms with E-state index in [1.807, 2.05) is 78.9 Å². The minimum atomic E-state index is 0.561. The van der Waals surface area contributed by atoms with Gasteiger partial charge in [-0.3, -0.25) is 0 Å². The van der Waals surface area contributed by atoms with Gasteiger partial charge in [-0.15, -0.1) is 11.3 Å². The predicted octanol–water partition coefficient (Wildman–Crippen LogP) is 9.19. The number of rotatable bonds is 17. The molecule has 1 heterocycles. The highest BCUT2D eigenvalue weighted by molar-refractivity contribution is 7.21. The average molecular weight is 656 g/mol. The third-order valence-corrected chi connectivity index (χ3v) is 8.69. The third-order valence-electron chi connectivity index (χ3n) is 7.60. The van der Waals surface area contributed by atoms with E-state index in [0.717, 1.165) is 64.4 Å². The molecule has 0 spiro atoms. The van der Waals surface area contributed by atoms with E-state index in [0.29, 0.717) is 42.0 Å². The van der Waals surface area contributed by atoms with Crippen LogP contribution in [-0.4, -0.2) is 53.7 Å². The first-order chi connectivity index (χ1) is 23.1. The molecular formula is C38H41NO7S. The number of unbranched alkanes of at least 4 members (excludes halogenated alkanes) is 3. The summed E-state index contributed by atoms with van der Waals surface area (Å²) in [7, 11) is 8.12. The number of aromatic nitrogens is 1. The Kier molecular flexibility index (Phi) is 11.8. The Bertz CT molecular complexity index is 1740. The lowest BCUT2D eigenvalue weighted by molar-refractivity contribution is 0.271. The fourth-order valence-electron chi connectivity index (χ4n) is 5.14. The molecule has 1 aromatic heterocycles. The topological polar surface area (TPSA) is 77.5 Å². The van der Waals surface area contributed by atoms with Crippen molar-refractivity contribution in [2.75, 3.05) is 48.8 Å². The minimum Gasteiger partial charge on any atom is -0.493 e. The molecule has 9 heteroatoms. The minimum absolute atomic E-state index is 0.561. The van der Waals surface area contributed by atoms with Crippen molar-refractivity contribution in [3.05, 3.63) is 83.9 Å². The number of fused-ring (bicyclic) bond motifs is 1. The first-order valence-electron chi connectivity index (χ1n) is 15.5. The van der Waals surface area contributed by atoms with Gasteiger partial charge in [0.15, 0.2) is 34.5 Å². The molecule has 246 valence electrons. The molecule has 0 amide bonds. The van der Waals surface area contributed by atoms with Gasteiger partial charge in [-0.2, -0.15) is 0 Å². The number of thiazole rings is 1. The van der Waals surface area contributed by atoms with Crippen LogP contribution in [0, 0.1) is 0 Å². The Balaban J connectivity index is 1.09. The SMILES string of the molecule is COc1ccc(/C=C\c2cc(OC)c(OC)c(OC)c2)cc1OCCCCCCOc1cc(-c2nc3ccccc3s2)ccc1OC. The summed E-state index contributed by atoms with van der Waals surface area (Å²) in [6.07, 6.45) is 7.90. The number of para-hydroxylation sites is 1. The smallest absolute Gasteiger partial charge is 0.203 e. The number of hydrogen-bond donors (Lipinski definition) is 0. The lowest BCUT2D eigenvalue weighted by Crippen LogP contribution is -2.02. The van der Waals surface area contributed by atoms with Crippen LogP contribution in [-0.2, 0) is 0 Å². The maximum atomic E-state index is 6.15. The van der Waals surface area contributed by atoms with Crippen molar-refractivity contribution in [3.8, 4) is 50.8 Å². The molecule has 0 aliphatic rings. The van der Waals surface area contributed by atoms with Gasteiger partial charge in [0.2, 0.25) is 5.75 Å². The number of nitrogens with zero attached hydrogens (tertiary/aromatic N) is 1. The van der Waals surface area contributed by atoms with Crippen molar-refractivity contribution in [3.63, 3.8) is 0 Å². The van der Waals surface area contributed by atoms with Gasteiger partial charge in [0, 0.05) is 5.56 Å². The fourth-order valence-corrected chi connectivity index (χ4v) is 6.10. The molecule has 0 saturated heterocycles. The molecule has 0 aliphatic heterocycles. The van der Waals surface area contributed by atoms with E-state index >= 15 is 0 Å². The van der Waals surface area contributed by atoms with Gasteiger partial charge < -0.3 is 33.2 Å². The van der Waals surface area contributed by atoms with Crippen LogP contribution < -0.4 is 33.2 Å². The first-order valence-corrected chi connectivity index (χ1v) is 16.3. The van der Waals surface area contributed by atoms with Crippen molar-refractivity contribution in [2.45, 2.75) is 25.7 Å². The van der Waals surface area contributed by atoms with Crippen LogP contribution in [0.4, 0.5) is 0 Å².